The molecule has 1 aliphatic carbocycles. The molecule has 0 radical (unpaired) electrons. The molecule has 0 aromatic carbocycles. The smallest absolute Gasteiger partial charge is 0.224 e. The molecule has 2 nitrogen and oxygen atoms in total. The van der Waals surface area contributed by atoms with Crippen LogP contribution in [0.15, 0.2) is 11.6 Å². The van der Waals surface area contributed by atoms with Crippen molar-refractivity contribution < 1.29 is 4.79 Å². The van der Waals surface area contributed by atoms with Gasteiger partial charge in [0.1, 0.15) is 0 Å². The summed E-state index contributed by atoms with van der Waals surface area (Å²) in [6.07, 6.45) is 2.15. The van der Waals surface area contributed by atoms with Gasteiger partial charge in [-0.15, -0.1) is 0 Å². The van der Waals surface area contributed by atoms with Gasteiger partial charge in [-0.3, -0.25) is 4.79 Å². The second-order valence-electron chi connectivity index (χ2n) is 3.93. The van der Waals surface area contributed by atoms with E-state index in [-0.39, 0.29) is 17.4 Å². The highest BCUT2D eigenvalue weighted by atomic mass is 16.2. The molecule has 1 fully saturated rings. The third-order valence-electron chi connectivity index (χ3n) is 2.97. The molecule has 3 atom stereocenters. The SMILES string of the molecule is CC1=C[C@]2(C)NC(=O)[C@@H](C)[C@H]12. The highest BCUT2D eigenvalue weighted by Gasteiger charge is 2.52. The van der Waals surface area contributed by atoms with E-state index in [1.54, 1.807) is 0 Å². The number of fused-ring (bicyclic) bond motifs is 1. The van der Waals surface area contributed by atoms with E-state index in [0.29, 0.717) is 5.92 Å². The first kappa shape index (κ1) is 6.89. The van der Waals surface area contributed by atoms with Crippen molar-refractivity contribution in [3.8, 4) is 0 Å². The number of amides is 1. The second kappa shape index (κ2) is 1.68. The van der Waals surface area contributed by atoms with Crippen LogP contribution in [0.2, 0.25) is 0 Å². The third-order valence-corrected chi connectivity index (χ3v) is 2.97. The first-order valence-electron chi connectivity index (χ1n) is 4.06. The van der Waals surface area contributed by atoms with E-state index >= 15 is 0 Å². The van der Waals surface area contributed by atoms with E-state index in [1.807, 2.05) is 6.92 Å². The maximum atomic E-state index is 11.2. The first-order valence-corrected chi connectivity index (χ1v) is 4.06. The summed E-state index contributed by atoms with van der Waals surface area (Å²) in [4.78, 5) is 11.2. The number of hydrogen-bond acceptors (Lipinski definition) is 1. The summed E-state index contributed by atoms with van der Waals surface area (Å²) in [5.41, 5.74) is 1.35. The van der Waals surface area contributed by atoms with Gasteiger partial charge in [-0.2, -0.15) is 0 Å². The van der Waals surface area contributed by atoms with Crippen molar-refractivity contribution >= 4 is 5.91 Å². The Hall–Kier alpha value is -0.790. The van der Waals surface area contributed by atoms with Crippen molar-refractivity contribution in [2.24, 2.45) is 11.8 Å². The van der Waals surface area contributed by atoms with Crippen molar-refractivity contribution in [2.45, 2.75) is 26.3 Å². The van der Waals surface area contributed by atoms with Crippen LogP contribution in [0.5, 0.6) is 0 Å². The van der Waals surface area contributed by atoms with E-state index in [9.17, 15) is 4.79 Å². The second-order valence-corrected chi connectivity index (χ2v) is 3.93. The molecule has 1 saturated heterocycles. The van der Waals surface area contributed by atoms with Crippen LogP contribution in [-0.2, 0) is 4.79 Å². The fourth-order valence-corrected chi connectivity index (χ4v) is 2.59. The van der Waals surface area contributed by atoms with Gasteiger partial charge >= 0.3 is 0 Å². The van der Waals surface area contributed by atoms with E-state index in [2.05, 4.69) is 25.2 Å². The van der Waals surface area contributed by atoms with Gasteiger partial charge in [-0.25, -0.2) is 0 Å². The van der Waals surface area contributed by atoms with E-state index in [4.69, 9.17) is 0 Å². The Morgan fingerprint density at radius 2 is 2.27 bits per heavy atom. The number of hydrogen-bond donors (Lipinski definition) is 1. The molecule has 2 aliphatic rings. The summed E-state index contributed by atoms with van der Waals surface area (Å²) in [7, 11) is 0. The van der Waals surface area contributed by atoms with Crippen molar-refractivity contribution in [1.29, 1.82) is 0 Å². The Morgan fingerprint density at radius 1 is 1.64 bits per heavy atom. The van der Waals surface area contributed by atoms with Crippen molar-refractivity contribution in [3.05, 3.63) is 11.6 Å². The van der Waals surface area contributed by atoms with Crippen LogP contribution in [0.25, 0.3) is 0 Å². The monoisotopic (exact) mass is 151 g/mol. The highest BCUT2D eigenvalue weighted by molar-refractivity contribution is 5.85. The summed E-state index contributed by atoms with van der Waals surface area (Å²) in [6.45, 7) is 6.19. The zero-order valence-electron chi connectivity index (χ0n) is 7.14. The van der Waals surface area contributed by atoms with Gasteiger partial charge in [-0.05, 0) is 13.8 Å². The van der Waals surface area contributed by atoms with Gasteiger partial charge in [-0.1, -0.05) is 18.6 Å². The fourth-order valence-electron chi connectivity index (χ4n) is 2.59. The molecule has 0 bridgehead atoms. The molecule has 1 amide bonds. The van der Waals surface area contributed by atoms with Gasteiger partial charge in [0.05, 0.1) is 5.54 Å². The predicted octanol–water partition coefficient (Wildman–Crippen LogP) is 1.09. The van der Waals surface area contributed by atoms with Crippen LogP contribution in [0.4, 0.5) is 0 Å². The lowest BCUT2D eigenvalue weighted by Gasteiger charge is -2.39. The van der Waals surface area contributed by atoms with Gasteiger partial charge in [0.25, 0.3) is 0 Å². The van der Waals surface area contributed by atoms with Crippen LogP contribution in [0.1, 0.15) is 20.8 Å². The first-order chi connectivity index (χ1) is 5.04. The molecule has 60 valence electrons. The fraction of sp³-hybridized carbons (Fsp3) is 0.667. The third kappa shape index (κ3) is 0.647. The molecule has 2 heteroatoms. The van der Waals surface area contributed by atoms with E-state index < -0.39 is 0 Å². The Balaban J connectivity index is 2.36. The molecule has 11 heavy (non-hydrogen) atoms. The number of carbonyl (C=O) groups is 1. The molecule has 0 unspecified atom stereocenters. The van der Waals surface area contributed by atoms with Crippen LogP contribution >= 0.6 is 0 Å². The van der Waals surface area contributed by atoms with Crippen LogP contribution in [0.3, 0.4) is 0 Å². The van der Waals surface area contributed by atoms with E-state index in [0.717, 1.165) is 0 Å². The van der Waals surface area contributed by atoms with E-state index in [1.165, 1.54) is 5.57 Å². The molecule has 1 heterocycles. The zero-order chi connectivity index (χ0) is 8.22. The standard InChI is InChI=1S/C9H13NO/c1-5-4-9(3)7(5)6(2)8(11)10-9/h4,6-7H,1-3H3,(H,10,11)/t6-,7-,9-/m0/s1. The Kier molecular flexibility index (Phi) is 1.05. The molecule has 2 rings (SSSR count). The predicted molar refractivity (Wildman–Crippen MR) is 43.0 cm³/mol. The van der Waals surface area contributed by atoms with Crippen LogP contribution in [0, 0.1) is 11.8 Å². The lowest BCUT2D eigenvalue weighted by atomic mass is 9.68. The lowest BCUT2D eigenvalue weighted by Crippen LogP contribution is -2.47. The summed E-state index contributed by atoms with van der Waals surface area (Å²) in [5.74, 6) is 0.825. The number of nitrogens with one attached hydrogen (secondary N) is 1. The highest BCUT2D eigenvalue weighted by Crippen LogP contribution is 2.46. The molecule has 0 spiro atoms. The summed E-state index contributed by atoms with van der Waals surface area (Å²) in [5, 5.41) is 2.99. The Morgan fingerprint density at radius 3 is 2.64 bits per heavy atom. The minimum absolute atomic E-state index is 0.0133. The Bertz CT molecular complexity index is 256. The van der Waals surface area contributed by atoms with Gasteiger partial charge < -0.3 is 5.32 Å². The average molecular weight is 151 g/mol. The molecular formula is C9H13NO. The van der Waals surface area contributed by atoms with Gasteiger partial charge in [0.2, 0.25) is 5.91 Å². The molecule has 0 saturated carbocycles. The van der Waals surface area contributed by atoms with Crippen LogP contribution < -0.4 is 5.32 Å². The summed E-state index contributed by atoms with van der Waals surface area (Å²) in [6, 6.07) is 0. The van der Waals surface area contributed by atoms with Gasteiger partial charge in [0, 0.05) is 11.8 Å². The molecule has 1 aliphatic heterocycles. The molecular weight excluding hydrogens is 138 g/mol. The molecule has 0 aromatic rings. The van der Waals surface area contributed by atoms with Crippen molar-refractivity contribution in [1.82, 2.24) is 5.32 Å². The minimum atomic E-state index is -0.0133. The normalized spacial score (nSPS) is 47.5. The average Bonchev–Trinajstić information content (AvgIpc) is 2.00. The molecule has 0 aromatic heterocycles. The maximum absolute atomic E-state index is 11.2. The maximum Gasteiger partial charge on any atom is 0.224 e. The summed E-state index contributed by atoms with van der Waals surface area (Å²) >= 11 is 0. The summed E-state index contributed by atoms with van der Waals surface area (Å²) < 4.78 is 0. The zero-order valence-corrected chi connectivity index (χ0v) is 7.14. The Labute approximate surface area is 66.7 Å². The number of carbonyl (C=O) groups excluding carboxylic acids is 1. The van der Waals surface area contributed by atoms with Crippen molar-refractivity contribution in [3.63, 3.8) is 0 Å². The van der Waals surface area contributed by atoms with Gasteiger partial charge in [0.15, 0.2) is 0 Å². The van der Waals surface area contributed by atoms with Crippen LogP contribution in [-0.4, -0.2) is 11.4 Å². The lowest BCUT2D eigenvalue weighted by molar-refractivity contribution is -0.122. The largest absolute Gasteiger partial charge is 0.347 e. The minimum Gasteiger partial charge on any atom is -0.347 e. The van der Waals surface area contributed by atoms with Crippen molar-refractivity contribution in [2.75, 3.05) is 0 Å². The number of rotatable bonds is 0. The molecule has 1 N–H and O–H groups in total. The topological polar surface area (TPSA) is 29.1 Å². The quantitative estimate of drug-likeness (QED) is 0.516.